The minimum Gasteiger partial charge on any atom is -0.478 e. The molecule has 1 heterocycles. The predicted molar refractivity (Wildman–Crippen MR) is 88.4 cm³/mol. The molecule has 0 bridgehead atoms. The first kappa shape index (κ1) is 20.5. The van der Waals surface area contributed by atoms with Crippen LogP contribution in [0.1, 0.15) is 30.9 Å². The average molecular weight is 385 g/mol. The summed E-state index contributed by atoms with van der Waals surface area (Å²) in [5.41, 5.74) is -2.33. The first-order valence-electron chi connectivity index (χ1n) is 8.01. The first-order valence-corrected chi connectivity index (χ1v) is 8.01. The third-order valence-electron chi connectivity index (χ3n) is 4.11. The van der Waals surface area contributed by atoms with Crippen LogP contribution in [-0.2, 0) is 20.5 Å². The summed E-state index contributed by atoms with van der Waals surface area (Å²) in [5.74, 6) is -4.04. The molecule has 1 aromatic carbocycles. The van der Waals surface area contributed by atoms with Crippen LogP contribution in [0.25, 0.3) is 0 Å². The largest absolute Gasteiger partial charge is 0.478 e. The fourth-order valence-corrected chi connectivity index (χ4v) is 3.07. The van der Waals surface area contributed by atoms with Gasteiger partial charge in [0.05, 0.1) is 41.5 Å². The molecule has 0 saturated carbocycles. The summed E-state index contributed by atoms with van der Waals surface area (Å²) < 4.78 is 45.5. The summed E-state index contributed by atoms with van der Waals surface area (Å²) in [5, 5.41) is 21.8. The smallest absolute Gasteiger partial charge is 0.416 e. The van der Waals surface area contributed by atoms with Crippen molar-refractivity contribution >= 4 is 11.9 Å². The van der Waals surface area contributed by atoms with Crippen LogP contribution in [0.15, 0.2) is 46.8 Å². The minimum absolute atomic E-state index is 0.0292. The zero-order chi connectivity index (χ0) is 20.4. The van der Waals surface area contributed by atoms with E-state index in [1.165, 1.54) is 26.0 Å². The number of esters is 1. The van der Waals surface area contributed by atoms with Gasteiger partial charge < -0.3 is 20.3 Å². The topological polar surface area (TPSA) is 95.9 Å². The second kappa shape index (κ2) is 7.83. The monoisotopic (exact) mass is 385 g/mol. The Morgan fingerprint density at radius 1 is 1.22 bits per heavy atom. The van der Waals surface area contributed by atoms with Crippen LogP contribution >= 0.6 is 0 Å². The van der Waals surface area contributed by atoms with E-state index < -0.39 is 47.3 Å². The molecule has 0 aliphatic carbocycles. The number of aliphatic carboxylic acids is 1. The highest BCUT2D eigenvalue weighted by atomic mass is 19.4. The fraction of sp³-hybridized carbons (Fsp3) is 0.333. The van der Waals surface area contributed by atoms with Gasteiger partial charge in [0, 0.05) is 5.70 Å². The van der Waals surface area contributed by atoms with E-state index in [9.17, 15) is 33.0 Å². The van der Waals surface area contributed by atoms with Crippen molar-refractivity contribution in [1.29, 1.82) is 0 Å². The van der Waals surface area contributed by atoms with Gasteiger partial charge in [0.1, 0.15) is 0 Å². The number of benzene rings is 1. The molecule has 1 aromatic rings. The Hall–Kier alpha value is -2.81. The molecule has 1 aliphatic heterocycles. The van der Waals surface area contributed by atoms with E-state index in [0.717, 1.165) is 12.1 Å². The zero-order valence-corrected chi connectivity index (χ0v) is 14.6. The van der Waals surface area contributed by atoms with Gasteiger partial charge in [-0.05, 0) is 25.5 Å². The van der Waals surface area contributed by atoms with Gasteiger partial charge in [-0.3, -0.25) is 0 Å². The Morgan fingerprint density at radius 2 is 1.85 bits per heavy atom. The normalized spacial score (nSPS) is 17.6. The molecule has 1 aliphatic rings. The van der Waals surface area contributed by atoms with Crippen molar-refractivity contribution in [3.63, 3.8) is 0 Å². The quantitative estimate of drug-likeness (QED) is 0.675. The summed E-state index contributed by atoms with van der Waals surface area (Å²) in [6.07, 6.45) is -4.77. The lowest BCUT2D eigenvalue weighted by molar-refractivity contribution is -0.141. The lowest BCUT2D eigenvalue weighted by atomic mass is 9.78. The molecular weight excluding hydrogens is 367 g/mol. The van der Waals surface area contributed by atoms with Gasteiger partial charge in [0.15, 0.2) is 0 Å². The molecule has 0 saturated heterocycles. The maximum atomic E-state index is 13.5. The molecule has 1 atom stereocenters. The van der Waals surface area contributed by atoms with E-state index >= 15 is 0 Å². The number of dihydropyridines is 1. The van der Waals surface area contributed by atoms with Crippen LogP contribution in [0.4, 0.5) is 13.2 Å². The molecule has 0 spiro atoms. The van der Waals surface area contributed by atoms with Crippen molar-refractivity contribution in [3.8, 4) is 0 Å². The maximum absolute atomic E-state index is 13.5. The molecule has 3 N–H and O–H groups in total. The lowest BCUT2D eigenvalue weighted by Crippen LogP contribution is -2.34. The van der Waals surface area contributed by atoms with E-state index in [0.29, 0.717) is 0 Å². The molecule has 0 aromatic heterocycles. The van der Waals surface area contributed by atoms with E-state index in [4.69, 9.17) is 4.74 Å². The number of aliphatic hydroxyl groups is 1. The molecule has 0 fully saturated rings. The average Bonchev–Trinajstić information content (AvgIpc) is 2.59. The van der Waals surface area contributed by atoms with Crippen molar-refractivity contribution in [2.75, 3.05) is 13.2 Å². The SMILES string of the molecule is CCOC(=O)C1=C(CO)NC(C)=C(C(=O)O)C1c1ccccc1C(F)(F)F. The fourth-order valence-electron chi connectivity index (χ4n) is 3.07. The van der Waals surface area contributed by atoms with Crippen LogP contribution in [0.2, 0.25) is 0 Å². The Kier molecular flexibility index (Phi) is 5.94. The number of nitrogens with one attached hydrogen (secondary N) is 1. The van der Waals surface area contributed by atoms with E-state index in [-0.39, 0.29) is 23.6 Å². The highest BCUT2D eigenvalue weighted by Crippen LogP contribution is 2.44. The van der Waals surface area contributed by atoms with Crippen molar-refractivity contribution in [2.45, 2.75) is 25.9 Å². The van der Waals surface area contributed by atoms with E-state index in [2.05, 4.69) is 5.32 Å². The standard InChI is InChI=1S/C18H18F3NO5/c1-3-27-17(26)15-12(8-23)22-9(2)13(16(24)25)14(15)10-6-4-5-7-11(10)18(19,20)21/h4-7,14,22-23H,3,8H2,1-2H3,(H,24,25). The highest BCUT2D eigenvalue weighted by Gasteiger charge is 2.43. The summed E-state index contributed by atoms with van der Waals surface area (Å²) in [7, 11) is 0. The lowest BCUT2D eigenvalue weighted by Gasteiger charge is -2.31. The number of allylic oxidation sites excluding steroid dienone is 1. The predicted octanol–water partition coefficient (Wildman–Crippen LogP) is 2.56. The van der Waals surface area contributed by atoms with Crippen LogP contribution in [0, 0.1) is 0 Å². The number of ether oxygens (including phenoxy) is 1. The van der Waals surface area contributed by atoms with Crippen LogP contribution in [-0.4, -0.2) is 35.4 Å². The van der Waals surface area contributed by atoms with Crippen molar-refractivity contribution in [1.82, 2.24) is 5.32 Å². The van der Waals surface area contributed by atoms with E-state index in [1.807, 2.05) is 0 Å². The number of halogens is 3. The van der Waals surface area contributed by atoms with Crippen LogP contribution < -0.4 is 5.32 Å². The number of carboxylic acids is 1. The van der Waals surface area contributed by atoms with Crippen LogP contribution in [0.3, 0.4) is 0 Å². The van der Waals surface area contributed by atoms with Gasteiger partial charge in [-0.1, -0.05) is 18.2 Å². The molecule has 0 radical (unpaired) electrons. The Bertz CT molecular complexity index is 827. The minimum atomic E-state index is -4.77. The van der Waals surface area contributed by atoms with Crippen molar-refractivity contribution in [3.05, 3.63) is 57.9 Å². The zero-order valence-electron chi connectivity index (χ0n) is 14.6. The summed E-state index contributed by atoms with van der Waals surface area (Å²) in [4.78, 5) is 24.3. The molecule has 1 unspecified atom stereocenters. The first-order chi connectivity index (χ1) is 12.6. The van der Waals surface area contributed by atoms with Gasteiger partial charge in [-0.2, -0.15) is 13.2 Å². The maximum Gasteiger partial charge on any atom is 0.416 e. The van der Waals surface area contributed by atoms with E-state index in [1.54, 1.807) is 0 Å². The number of alkyl halides is 3. The number of carbonyl (C=O) groups excluding carboxylic acids is 1. The third-order valence-corrected chi connectivity index (χ3v) is 4.11. The molecule has 146 valence electrons. The Balaban J connectivity index is 2.83. The number of carboxylic acid groups (broad SMARTS) is 1. The molecule has 27 heavy (non-hydrogen) atoms. The Morgan fingerprint density at radius 3 is 2.37 bits per heavy atom. The second-order valence-electron chi connectivity index (χ2n) is 5.76. The summed E-state index contributed by atoms with van der Waals surface area (Å²) in [6.45, 7) is 2.08. The number of hydrogen-bond acceptors (Lipinski definition) is 5. The summed E-state index contributed by atoms with van der Waals surface area (Å²) in [6, 6.07) is 4.42. The van der Waals surface area contributed by atoms with Gasteiger partial charge in [0.2, 0.25) is 0 Å². The summed E-state index contributed by atoms with van der Waals surface area (Å²) >= 11 is 0. The number of rotatable bonds is 5. The van der Waals surface area contributed by atoms with Crippen molar-refractivity contribution in [2.24, 2.45) is 0 Å². The van der Waals surface area contributed by atoms with Gasteiger partial charge in [0.25, 0.3) is 0 Å². The molecular formula is C18H18F3NO5. The Labute approximate surface area is 152 Å². The number of aliphatic hydroxyl groups excluding tert-OH is 1. The molecule has 2 rings (SSSR count). The highest BCUT2D eigenvalue weighted by molar-refractivity contribution is 5.99. The number of carbonyl (C=O) groups is 2. The second-order valence-corrected chi connectivity index (χ2v) is 5.76. The number of hydrogen-bond donors (Lipinski definition) is 3. The van der Waals surface area contributed by atoms with Gasteiger partial charge >= 0.3 is 18.1 Å². The van der Waals surface area contributed by atoms with Gasteiger partial charge in [-0.25, -0.2) is 9.59 Å². The molecule has 6 nitrogen and oxygen atoms in total. The van der Waals surface area contributed by atoms with Crippen molar-refractivity contribution < 1.29 is 37.7 Å². The molecule has 9 heteroatoms. The van der Waals surface area contributed by atoms with Gasteiger partial charge in [-0.15, -0.1) is 0 Å². The third kappa shape index (κ3) is 3.97. The molecule has 0 amide bonds. The van der Waals surface area contributed by atoms with Crippen LogP contribution in [0.5, 0.6) is 0 Å².